The fraction of sp³-hybridized carbons (Fsp3) is 0.400. The van der Waals surface area contributed by atoms with Crippen molar-refractivity contribution in [3.8, 4) is 11.3 Å². The zero-order valence-electron chi connectivity index (χ0n) is 10.9. The summed E-state index contributed by atoms with van der Waals surface area (Å²) in [5.74, 6) is 0.0119. The Labute approximate surface area is 122 Å². The van der Waals surface area contributed by atoms with E-state index >= 15 is 0 Å². The third-order valence-corrected chi connectivity index (χ3v) is 4.69. The minimum absolute atomic E-state index is 0.00602. The van der Waals surface area contributed by atoms with Crippen molar-refractivity contribution in [2.24, 2.45) is 5.92 Å². The van der Waals surface area contributed by atoms with E-state index in [9.17, 15) is 5.11 Å². The lowest BCUT2D eigenvalue weighted by Gasteiger charge is -2.33. The number of hydrogen-bond acceptors (Lipinski definition) is 3. The minimum atomic E-state index is -0.369. The molecule has 5 heteroatoms. The molecule has 1 unspecified atom stereocenters. The van der Waals surface area contributed by atoms with E-state index in [0.29, 0.717) is 19.6 Å². The predicted octanol–water partition coefficient (Wildman–Crippen LogP) is 2.50. The topological polar surface area (TPSA) is 47.3 Å². The molecule has 3 heterocycles. The summed E-state index contributed by atoms with van der Waals surface area (Å²) in [7, 11) is 0. The molecule has 4 rings (SSSR count). The number of aliphatic hydroxyl groups excluding tert-OH is 1. The van der Waals surface area contributed by atoms with Gasteiger partial charge < -0.3 is 14.4 Å². The Bertz CT molecular complexity index is 655. The molecule has 2 aromatic rings. The number of nitrogens with zero attached hydrogens (tertiary/aromatic N) is 2. The summed E-state index contributed by atoms with van der Waals surface area (Å²) in [5.41, 5.74) is 3.25. The Hall–Kier alpha value is -1.36. The third kappa shape index (κ3) is 1.65. The highest BCUT2D eigenvalue weighted by Crippen LogP contribution is 2.47. The van der Waals surface area contributed by atoms with Crippen LogP contribution < -0.4 is 0 Å². The van der Waals surface area contributed by atoms with E-state index in [1.807, 2.05) is 24.7 Å². The number of fused-ring (bicyclic) bond motifs is 3. The molecule has 2 aliphatic rings. The molecule has 104 valence electrons. The van der Waals surface area contributed by atoms with Gasteiger partial charge in [0.2, 0.25) is 0 Å². The molecule has 1 N–H and O–H groups in total. The molecule has 1 aromatic heterocycles. The van der Waals surface area contributed by atoms with Crippen molar-refractivity contribution in [2.75, 3.05) is 13.2 Å². The summed E-state index contributed by atoms with van der Waals surface area (Å²) < 4.78 is 7.68. The number of halogens is 1. The van der Waals surface area contributed by atoms with Crippen molar-refractivity contribution >= 4 is 11.6 Å². The summed E-state index contributed by atoms with van der Waals surface area (Å²) in [6.07, 6.45) is 3.97. The van der Waals surface area contributed by atoms with E-state index in [1.54, 1.807) is 0 Å². The maximum absolute atomic E-state index is 10.4. The summed E-state index contributed by atoms with van der Waals surface area (Å²) in [6, 6.07) is 5.93. The number of benzene rings is 1. The Morgan fingerprint density at radius 1 is 1.40 bits per heavy atom. The van der Waals surface area contributed by atoms with E-state index in [-0.39, 0.29) is 18.1 Å². The van der Waals surface area contributed by atoms with E-state index in [0.717, 1.165) is 21.8 Å². The first-order chi connectivity index (χ1) is 9.77. The van der Waals surface area contributed by atoms with Crippen LogP contribution in [0, 0.1) is 5.92 Å². The summed E-state index contributed by atoms with van der Waals surface area (Å²) in [6.45, 7) is 1.17. The van der Waals surface area contributed by atoms with Gasteiger partial charge in [-0.1, -0.05) is 23.7 Å². The quantitative estimate of drug-likeness (QED) is 0.878. The lowest BCUT2D eigenvalue weighted by molar-refractivity contribution is -0.0481. The minimum Gasteiger partial charge on any atom is -0.393 e. The second kappa shape index (κ2) is 4.58. The van der Waals surface area contributed by atoms with Gasteiger partial charge in [0.05, 0.1) is 37.0 Å². The maximum Gasteiger partial charge on any atom is 0.0956 e. The van der Waals surface area contributed by atoms with Gasteiger partial charge in [-0.3, -0.25) is 0 Å². The van der Waals surface area contributed by atoms with E-state index in [1.165, 1.54) is 0 Å². The molecule has 0 saturated carbocycles. The molecule has 0 radical (unpaired) electrons. The molecule has 1 aromatic carbocycles. The average Bonchev–Trinajstić information content (AvgIpc) is 3.01. The first-order valence-corrected chi connectivity index (χ1v) is 7.21. The van der Waals surface area contributed by atoms with Crippen molar-refractivity contribution in [3.05, 3.63) is 41.3 Å². The van der Waals surface area contributed by atoms with Gasteiger partial charge in [-0.2, -0.15) is 0 Å². The molecule has 0 spiro atoms. The van der Waals surface area contributed by atoms with Crippen LogP contribution in [-0.2, 0) is 4.74 Å². The molecular formula is C15H15ClN2O2. The Morgan fingerprint density at radius 2 is 2.30 bits per heavy atom. The Balaban J connectivity index is 1.88. The molecule has 0 aliphatic carbocycles. The standard InChI is InChI=1S/C15H15ClN2O2/c16-11-3-1-2-9-12-6-17-8-18(12)15(14(9)11)10-7-20-5-4-13(10)19/h1-3,6,8,10,13,15,19H,4-5,7H2/t10?,13-,15+/m0/s1. The highest BCUT2D eigenvalue weighted by atomic mass is 35.5. The van der Waals surface area contributed by atoms with E-state index in [2.05, 4.69) is 15.6 Å². The molecule has 0 amide bonds. The van der Waals surface area contributed by atoms with Crippen LogP contribution in [0.4, 0.5) is 0 Å². The fourth-order valence-electron chi connectivity index (χ4n) is 3.41. The summed E-state index contributed by atoms with van der Waals surface area (Å²) in [4.78, 5) is 4.24. The Kier molecular flexibility index (Phi) is 2.84. The first-order valence-electron chi connectivity index (χ1n) is 6.84. The number of imidazole rings is 1. The van der Waals surface area contributed by atoms with Crippen molar-refractivity contribution in [2.45, 2.75) is 18.6 Å². The van der Waals surface area contributed by atoms with Gasteiger partial charge in [-0.15, -0.1) is 0 Å². The molecule has 0 bridgehead atoms. The molecule has 2 aliphatic heterocycles. The van der Waals surface area contributed by atoms with Crippen LogP contribution in [-0.4, -0.2) is 34.0 Å². The smallest absolute Gasteiger partial charge is 0.0956 e. The summed E-state index contributed by atoms with van der Waals surface area (Å²) in [5, 5.41) is 11.1. The number of hydrogen-bond donors (Lipinski definition) is 1. The van der Waals surface area contributed by atoms with Crippen molar-refractivity contribution < 1.29 is 9.84 Å². The predicted molar refractivity (Wildman–Crippen MR) is 75.7 cm³/mol. The molecule has 20 heavy (non-hydrogen) atoms. The monoisotopic (exact) mass is 290 g/mol. The van der Waals surface area contributed by atoms with Crippen molar-refractivity contribution in [3.63, 3.8) is 0 Å². The van der Waals surface area contributed by atoms with Crippen LogP contribution in [0.2, 0.25) is 5.02 Å². The zero-order valence-corrected chi connectivity index (χ0v) is 11.6. The van der Waals surface area contributed by atoms with Gasteiger partial charge in [-0.25, -0.2) is 4.98 Å². The lowest BCUT2D eigenvalue weighted by Crippen LogP contribution is -2.37. The van der Waals surface area contributed by atoms with Gasteiger partial charge in [0, 0.05) is 28.7 Å². The molecule has 3 atom stereocenters. The largest absolute Gasteiger partial charge is 0.393 e. The molecule has 1 saturated heterocycles. The van der Waals surface area contributed by atoms with Crippen LogP contribution in [0.1, 0.15) is 18.0 Å². The van der Waals surface area contributed by atoms with Crippen LogP contribution >= 0.6 is 11.6 Å². The van der Waals surface area contributed by atoms with Crippen LogP contribution in [0.15, 0.2) is 30.7 Å². The van der Waals surface area contributed by atoms with Gasteiger partial charge in [-0.05, 0) is 12.5 Å². The molecule has 4 nitrogen and oxygen atoms in total. The van der Waals surface area contributed by atoms with Crippen molar-refractivity contribution in [1.29, 1.82) is 0 Å². The number of rotatable bonds is 1. The van der Waals surface area contributed by atoms with Crippen LogP contribution in [0.25, 0.3) is 11.3 Å². The average molecular weight is 291 g/mol. The highest BCUT2D eigenvalue weighted by molar-refractivity contribution is 6.32. The molecule has 1 fully saturated rings. The van der Waals surface area contributed by atoms with E-state index < -0.39 is 0 Å². The second-order valence-electron chi connectivity index (χ2n) is 5.43. The van der Waals surface area contributed by atoms with Gasteiger partial charge in [0.25, 0.3) is 0 Å². The van der Waals surface area contributed by atoms with Crippen LogP contribution in [0.3, 0.4) is 0 Å². The summed E-state index contributed by atoms with van der Waals surface area (Å²) >= 11 is 6.42. The highest BCUT2D eigenvalue weighted by Gasteiger charge is 2.40. The second-order valence-corrected chi connectivity index (χ2v) is 5.83. The lowest BCUT2D eigenvalue weighted by atomic mass is 9.86. The van der Waals surface area contributed by atoms with Crippen molar-refractivity contribution in [1.82, 2.24) is 9.55 Å². The molecular weight excluding hydrogens is 276 g/mol. The zero-order chi connectivity index (χ0) is 13.7. The van der Waals surface area contributed by atoms with Gasteiger partial charge in [0.15, 0.2) is 0 Å². The maximum atomic E-state index is 10.4. The van der Waals surface area contributed by atoms with E-state index in [4.69, 9.17) is 16.3 Å². The number of aromatic nitrogens is 2. The third-order valence-electron chi connectivity index (χ3n) is 4.36. The van der Waals surface area contributed by atoms with Crippen LogP contribution in [0.5, 0.6) is 0 Å². The van der Waals surface area contributed by atoms with Gasteiger partial charge >= 0.3 is 0 Å². The normalized spacial score (nSPS) is 28.2. The fourth-order valence-corrected chi connectivity index (χ4v) is 3.69. The van der Waals surface area contributed by atoms with Gasteiger partial charge in [0.1, 0.15) is 0 Å². The SMILES string of the molecule is O[C@H]1CCOCC1[C@@H]1c2c(Cl)cccc2-c2cncn21. The first kappa shape index (κ1) is 12.4. The number of ether oxygens (including phenoxy) is 1. The Morgan fingerprint density at radius 3 is 3.15 bits per heavy atom. The number of aliphatic hydroxyl groups is 1.